The maximum Gasteiger partial charge on any atom is 0.359 e. The molecule has 1 aromatic rings. The lowest BCUT2D eigenvalue weighted by atomic mass is 10.3. The molecule has 1 rings (SSSR count). The molecule has 0 radical (unpaired) electrons. The summed E-state index contributed by atoms with van der Waals surface area (Å²) in [6.45, 7) is 3.17. The Balaban J connectivity index is 0.000000488. The molecule has 1 aromatic heterocycles. The van der Waals surface area contributed by atoms with E-state index in [1.807, 2.05) is 0 Å². The first kappa shape index (κ1) is 23.7. The van der Waals surface area contributed by atoms with Gasteiger partial charge in [0.2, 0.25) is 5.78 Å². The van der Waals surface area contributed by atoms with Crippen molar-refractivity contribution in [3.05, 3.63) is 23.8 Å². The molecule has 1 atom stereocenters. The first-order valence-corrected chi connectivity index (χ1v) is 7.49. The van der Waals surface area contributed by atoms with Gasteiger partial charge in [-0.15, -0.1) is 11.6 Å². The number of ketones is 1. The molecule has 1 heterocycles. The van der Waals surface area contributed by atoms with Gasteiger partial charge in [0.1, 0.15) is 5.69 Å². The van der Waals surface area contributed by atoms with Crippen molar-refractivity contribution in [2.75, 3.05) is 13.2 Å². The second-order valence-corrected chi connectivity index (χ2v) is 4.57. The van der Waals surface area contributed by atoms with Crippen LogP contribution in [-0.2, 0) is 19.1 Å². The average molecular weight is 403 g/mol. The third kappa shape index (κ3) is 7.72. The zero-order chi connectivity index (χ0) is 20.3. The predicted molar refractivity (Wildman–Crippen MR) is 80.2 cm³/mol. The Morgan fingerprint density at radius 2 is 1.58 bits per heavy atom. The molecule has 146 valence electrons. The number of alkyl halides is 5. The van der Waals surface area contributed by atoms with Crippen molar-refractivity contribution in [2.24, 2.45) is 0 Å². The minimum Gasteiger partial charge on any atom is -0.465 e. The lowest BCUT2D eigenvalue weighted by molar-refractivity contribution is -0.147. The van der Waals surface area contributed by atoms with E-state index in [9.17, 15) is 31.9 Å². The minimum absolute atomic E-state index is 0.00142. The van der Waals surface area contributed by atoms with E-state index in [1.54, 1.807) is 6.92 Å². The second-order valence-electron chi connectivity index (χ2n) is 4.13. The SMILES string of the molecule is CCOC(=O)C(Cl)C(=O)C(F)F.CCOC(=O)c1nccnc1C(F)F. The fourth-order valence-electron chi connectivity index (χ4n) is 1.31. The van der Waals surface area contributed by atoms with E-state index in [-0.39, 0.29) is 13.2 Å². The number of hydrogen-bond acceptors (Lipinski definition) is 7. The smallest absolute Gasteiger partial charge is 0.359 e. The average Bonchev–Trinajstić information content (AvgIpc) is 2.61. The maximum atomic E-state index is 12.3. The molecule has 12 heteroatoms. The van der Waals surface area contributed by atoms with Gasteiger partial charge < -0.3 is 9.47 Å². The molecule has 0 aliphatic rings. The number of hydrogen-bond donors (Lipinski definition) is 0. The first-order chi connectivity index (χ1) is 12.2. The van der Waals surface area contributed by atoms with Crippen molar-refractivity contribution < 1.29 is 41.4 Å². The Labute approximate surface area is 150 Å². The van der Waals surface area contributed by atoms with Crippen LogP contribution in [0.1, 0.15) is 36.5 Å². The van der Waals surface area contributed by atoms with Crippen LogP contribution >= 0.6 is 11.6 Å². The van der Waals surface area contributed by atoms with E-state index in [1.165, 1.54) is 6.92 Å². The Kier molecular flexibility index (Phi) is 11.0. The highest BCUT2D eigenvalue weighted by atomic mass is 35.5. The highest BCUT2D eigenvalue weighted by Crippen LogP contribution is 2.18. The lowest BCUT2D eigenvalue weighted by Crippen LogP contribution is -2.31. The van der Waals surface area contributed by atoms with E-state index >= 15 is 0 Å². The topological polar surface area (TPSA) is 95.5 Å². The zero-order valence-corrected chi connectivity index (χ0v) is 14.4. The molecule has 0 fully saturated rings. The molecule has 0 spiro atoms. The number of nitrogens with zero attached hydrogens (tertiary/aromatic N) is 2. The molecule has 7 nitrogen and oxygen atoms in total. The number of carbonyl (C=O) groups is 3. The molecule has 0 amide bonds. The molecule has 0 bridgehead atoms. The van der Waals surface area contributed by atoms with Crippen LogP contribution in [0, 0.1) is 0 Å². The second kappa shape index (κ2) is 12.1. The van der Waals surface area contributed by atoms with Crippen LogP contribution in [0.3, 0.4) is 0 Å². The van der Waals surface area contributed by atoms with E-state index in [0.717, 1.165) is 12.4 Å². The normalized spacial score (nSPS) is 11.4. The monoisotopic (exact) mass is 402 g/mol. The Morgan fingerprint density at radius 3 is 2.04 bits per heavy atom. The first-order valence-electron chi connectivity index (χ1n) is 7.05. The maximum absolute atomic E-state index is 12.3. The van der Waals surface area contributed by atoms with Gasteiger partial charge in [0.05, 0.1) is 13.2 Å². The Bertz CT molecular complexity index is 619. The van der Waals surface area contributed by atoms with Gasteiger partial charge in [-0.1, -0.05) is 0 Å². The van der Waals surface area contributed by atoms with Crippen molar-refractivity contribution in [3.63, 3.8) is 0 Å². The molecule has 0 aliphatic heterocycles. The van der Waals surface area contributed by atoms with E-state index in [2.05, 4.69) is 19.4 Å². The van der Waals surface area contributed by atoms with Gasteiger partial charge in [-0.05, 0) is 13.8 Å². The fraction of sp³-hybridized carbons (Fsp3) is 0.500. The molecule has 26 heavy (non-hydrogen) atoms. The number of halogens is 5. The van der Waals surface area contributed by atoms with Crippen molar-refractivity contribution >= 4 is 29.3 Å². The molecular weight excluding hydrogens is 388 g/mol. The molecular formula is C14H15ClF4N2O5. The largest absolute Gasteiger partial charge is 0.465 e. The summed E-state index contributed by atoms with van der Waals surface area (Å²) >= 11 is 5.05. The van der Waals surface area contributed by atoms with Gasteiger partial charge in [-0.2, -0.15) is 0 Å². The number of esters is 2. The quantitative estimate of drug-likeness (QED) is 0.299. The molecule has 0 aromatic carbocycles. The van der Waals surface area contributed by atoms with Gasteiger partial charge in [0.25, 0.3) is 12.9 Å². The summed E-state index contributed by atoms with van der Waals surface area (Å²) in [4.78, 5) is 38.9. The standard InChI is InChI=1S/C8H8F2N2O2.C6H7ClF2O3/c1-2-14-8(13)6-5(7(9)10)11-3-4-12-6;1-2-12-6(11)3(7)4(10)5(8)9/h3-4,7H,2H2,1H3;3,5H,2H2,1H3. The van der Waals surface area contributed by atoms with Crippen molar-refractivity contribution in [3.8, 4) is 0 Å². The molecule has 0 aliphatic carbocycles. The molecule has 1 unspecified atom stereocenters. The van der Waals surface area contributed by atoms with Crippen LogP contribution in [0.4, 0.5) is 17.6 Å². The van der Waals surface area contributed by atoms with Gasteiger partial charge >= 0.3 is 11.9 Å². The van der Waals surface area contributed by atoms with Gasteiger partial charge in [0.15, 0.2) is 11.1 Å². The van der Waals surface area contributed by atoms with Crippen molar-refractivity contribution in [1.29, 1.82) is 0 Å². The molecule has 0 saturated heterocycles. The summed E-state index contributed by atoms with van der Waals surface area (Å²) in [6.07, 6.45) is -3.80. The summed E-state index contributed by atoms with van der Waals surface area (Å²) in [5.41, 5.74) is -1.07. The number of Topliss-reactive ketones (excluding diaryl/α,β-unsaturated/α-hetero) is 1. The van der Waals surface area contributed by atoms with E-state index < -0.39 is 47.3 Å². The van der Waals surface area contributed by atoms with E-state index in [0.29, 0.717) is 0 Å². The van der Waals surface area contributed by atoms with Gasteiger partial charge in [-0.25, -0.2) is 32.1 Å². The number of ether oxygens (including phenoxy) is 2. The third-order valence-corrected chi connectivity index (χ3v) is 2.75. The van der Waals surface area contributed by atoms with Gasteiger partial charge in [0, 0.05) is 12.4 Å². The van der Waals surface area contributed by atoms with Crippen molar-refractivity contribution in [1.82, 2.24) is 9.97 Å². The van der Waals surface area contributed by atoms with Crippen LogP contribution < -0.4 is 0 Å². The zero-order valence-electron chi connectivity index (χ0n) is 13.6. The van der Waals surface area contributed by atoms with Crippen LogP contribution in [0.2, 0.25) is 0 Å². The Morgan fingerprint density at radius 1 is 1.04 bits per heavy atom. The highest BCUT2D eigenvalue weighted by Gasteiger charge is 2.31. The predicted octanol–water partition coefficient (Wildman–Crippen LogP) is 2.58. The fourth-order valence-corrected chi connectivity index (χ4v) is 1.47. The van der Waals surface area contributed by atoms with Crippen LogP contribution in [0.15, 0.2) is 12.4 Å². The summed E-state index contributed by atoms with van der Waals surface area (Å²) in [7, 11) is 0. The molecule has 0 N–H and O–H groups in total. The Hall–Kier alpha value is -2.30. The third-order valence-electron chi connectivity index (χ3n) is 2.36. The van der Waals surface area contributed by atoms with Crippen LogP contribution in [0.25, 0.3) is 0 Å². The number of carbonyl (C=O) groups excluding carboxylic acids is 3. The minimum atomic E-state index is -3.24. The summed E-state index contributed by atoms with van der Waals surface area (Å²) < 4.78 is 56.7. The molecule has 0 saturated carbocycles. The number of aromatic nitrogens is 2. The van der Waals surface area contributed by atoms with Crippen molar-refractivity contribution in [2.45, 2.75) is 32.1 Å². The van der Waals surface area contributed by atoms with E-state index in [4.69, 9.17) is 11.6 Å². The summed E-state index contributed by atoms with van der Waals surface area (Å²) in [6, 6.07) is 0. The highest BCUT2D eigenvalue weighted by molar-refractivity contribution is 6.41. The summed E-state index contributed by atoms with van der Waals surface area (Å²) in [5, 5.41) is -1.90. The van der Waals surface area contributed by atoms with Gasteiger partial charge in [-0.3, -0.25) is 9.78 Å². The number of rotatable bonds is 7. The lowest BCUT2D eigenvalue weighted by Gasteiger charge is -2.05. The van der Waals surface area contributed by atoms with Crippen LogP contribution in [-0.4, -0.2) is 52.7 Å². The van der Waals surface area contributed by atoms with Crippen LogP contribution in [0.5, 0.6) is 0 Å². The summed E-state index contributed by atoms with van der Waals surface area (Å²) in [5.74, 6) is -3.64.